The van der Waals surface area contributed by atoms with Crippen molar-refractivity contribution in [2.45, 2.75) is 25.5 Å². The Morgan fingerprint density at radius 1 is 1.09 bits per heavy atom. The number of amides is 1. The highest BCUT2D eigenvalue weighted by Gasteiger charge is 2.20. The van der Waals surface area contributed by atoms with Gasteiger partial charge in [-0.05, 0) is 59.9 Å². The third kappa shape index (κ3) is 4.98. The number of nitrogens with one attached hydrogen (secondary N) is 1. The molecule has 4 aromatic rings. The smallest absolute Gasteiger partial charge is 0.255 e. The Hall–Kier alpha value is -3.06. The molecule has 1 fully saturated rings. The number of ether oxygens (including phenoxy) is 1. The summed E-state index contributed by atoms with van der Waals surface area (Å²) < 4.78 is 6.64. The first kappa shape index (κ1) is 21.8. The quantitative estimate of drug-likeness (QED) is 0.396. The van der Waals surface area contributed by atoms with E-state index in [1.807, 2.05) is 41.9 Å². The number of piperidine rings is 1. The van der Waals surface area contributed by atoms with Crippen molar-refractivity contribution < 1.29 is 9.53 Å². The Morgan fingerprint density at radius 2 is 1.91 bits per heavy atom. The van der Waals surface area contributed by atoms with E-state index in [4.69, 9.17) is 4.74 Å². The average molecular weight is 458 g/mol. The van der Waals surface area contributed by atoms with Gasteiger partial charge in [0.05, 0.1) is 21.8 Å². The van der Waals surface area contributed by atoms with Crippen LogP contribution in [0.25, 0.3) is 21.3 Å². The number of methoxy groups -OCH3 is 1. The average Bonchev–Trinajstić information content (AvgIpc) is 3.33. The van der Waals surface area contributed by atoms with Gasteiger partial charge < -0.3 is 10.1 Å². The van der Waals surface area contributed by atoms with Crippen molar-refractivity contribution in [1.82, 2.24) is 9.88 Å². The van der Waals surface area contributed by atoms with E-state index >= 15 is 0 Å². The molecule has 5 nitrogen and oxygen atoms in total. The second kappa shape index (κ2) is 9.83. The lowest BCUT2D eigenvalue weighted by atomic mass is 9.96. The van der Waals surface area contributed by atoms with Crippen LogP contribution in [-0.4, -0.2) is 42.1 Å². The van der Waals surface area contributed by atoms with Gasteiger partial charge in [0.1, 0.15) is 0 Å². The molecule has 5 rings (SSSR count). The molecule has 0 bridgehead atoms. The monoisotopic (exact) mass is 457 g/mol. The summed E-state index contributed by atoms with van der Waals surface area (Å²) in [5, 5.41) is 3.04. The second-order valence-corrected chi connectivity index (χ2v) is 9.32. The highest BCUT2D eigenvalue weighted by Crippen LogP contribution is 2.28. The molecule has 33 heavy (non-hydrogen) atoms. The predicted octanol–water partition coefficient (Wildman–Crippen LogP) is 5.83. The van der Waals surface area contributed by atoms with Crippen LogP contribution in [0.15, 0.2) is 72.2 Å². The van der Waals surface area contributed by atoms with Crippen molar-refractivity contribution in [2.75, 3.05) is 25.5 Å². The first-order valence-corrected chi connectivity index (χ1v) is 12.2. The van der Waals surface area contributed by atoms with Gasteiger partial charge in [0.15, 0.2) is 0 Å². The number of nitrogens with zero attached hydrogens (tertiary/aromatic N) is 2. The van der Waals surface area contributed by atoms with Crippen LogP contribution in [0.4, 0.5) is 5.69 Å². The molecule has 0 saturated carbocycles. The van der Waals surface area contributed by atoms with Crippen molar-refractivity contribution in [3.05, 3.63) is 83.4 Å². The number of carbonyl (C=O) groups is 1. The lowest BCUT2D eigenvalue weighted by Crippen LogP contribution is -2.36. The minimum Gasteiger partial charge on any atom is -0.381 e. The van der Waals surface area contributed by atoms with Crippen molar-refractivity contribution in [3.8, 4) is 11.1 Å². The van der Waals surface area contributed by atoms with E-state index in [1.54, 1.807) is 18.4 Å². The van der Waals surface area contributed by atoms with Gasteiger partial charge >= 0.3 is 0 Å². The summed E-state index contributed by atoms with van der Waals surface area (Å²) in [5.41, 5.74) is 7.64. The van der Waals surface area contributed by atoms with E-state index in [-0.39, 0.29) is 5.91 Å². The number of carbonyl (C=O) groups excluding carboxylic acids is 1. The molecule has 1 aliphatic heterocycles. The minimum absolute atomic E-state index is 0.108. The minimum atomic E-state index is -0.108. The largest absolute Gasteiger partial charge is 0.381 e. The van der Waals surface area contributed by atoms with Crippen LogP contribution in [0.2, 0.25) is 0 Å². The number of thiazole rings is 1. The Morgan fingerprint density at radius 3 is 2.70 bits per heavy atom. The zero-order valence-electron chi connectivity index (χ0n) is 18.7. The van der Waals surface area contributed by atoms with Crippen molar-refractivity contribution in [3.63, 3.8) is 0 Å². The van der Waals surface area contributed by atoms with E-state index in [0.29, 0.717) is 11.7 Å². The van der Waals surface area contributed by atoms with Crippen LogP contribution in [-0.2, 0) is 11.3 Å². The van der Waals surface area contributed by atoms with Crippen molar-refractivity contribution in [1.29, 1.82) is 0 Å². The van der Waals surface area contributed by atoms with Gasteiger partial charge in [-0.25, -0.2) is 4.98 Å². The number of benzene rings is 3. The first-order chi connectivity index (χ1) is 16.2. The maximum absolute atomic E-state index is 13.1. The Balaban J connectivity index is 1.40. The molecular weight excluding hydrogens is 430 g/mol. The summed E-state index contributed by atoms with van der Waals surface area (Å²) in [6, 6.07) is 22.3. The molecule has 0 atom stereocenters. The molecule has 1 saturated heterocycles. The summed E-state index contributed by atoms with van der Waals surface area (Å²) in [7, 11) is 1.79. The SMILES string of the molecule is COC1CCN(Cc2cc(C(=O)Nc3ccc4scnc4c3)ccc2-c2ccccc2)CC1. The molecular formula is C27H27N3O2S. The number of rotatable bonds is 6. The summed E-state index contributed by atoms with van der Waals surface area (Å²) in [5.74, 6) is -0.108. The van der Waals surface area contributed by atoms with Gasteiger partial charge in [-0.3, -0.25) is 9.69 Å². The Kier molecular flexibility index (Phi) is 6.48. The number of hydrogen-bond donors (Lipinski definition) is 1. The third-order valence-corrected chi connectivity index (χ3v) is 7.11. The standard InChI is InChI=1S/C27H27N3O2S/c1-32-23-11-13-30(14-12-23)17-21-15-20(7-9-24(21)19-5-3-2-4-6-19)27(31)29-22-8-10-26-25(16-22)28-18-33-26/h2-10,15-16,18,23H,11-14,17H2,1H3,(H,29,31). The number of hydrogen-bond acceptors (Lipinski definition) is 5. The summed E-state index contributed by atoms with van der Waals surface area (Å²) in [4.78, 5) is 19.9. The number of fused-ring (bicyclic) bond motifs is 1. The van der Waals surface area contributed by atoms with E-state index in [9.17, 15) is 4.79 Å². The van der Waals surface area contributed by atoms with E-state index in [1.165, 1.54) is 16.7 Å². The van der Waals surface area contributed by atoms with Crippen LogP contribution in [0, 0.1) is 0 Å². The normalized spacial score (nSPS) is 15.1. The second-order valence-electron chi connectivity index (χ2n) is 8.44. The maximum Gasteiger partial charge on any atom is 0.255 e. The summed E-state index contributed by atoms with van der Waals surface area (Å²) >= 11 is 1.59. The molecule has 1 aliphatic rings. The summed E-state index contributed by atoms with van der Waals surface area (Å²) in [6.45, 7) is 2.81. The number of anilines is 1. The van der Waals surface area contributed by atoms with Gasteiger partial charge in [-0.1, -0.05) is 36.4 Å². The fourth-order valence-corrected chi connectivity index (χ4v) is 5.11. The van der Waals surface area contributed by atoms with Gasteiger partial charge in [-0.2, -0.15) is 0 Å². The highest BCUT2D eigenvalue weighted by atomic mass is 32.1. The fraction of sp³-hybridized carbons (Fsp3) is 0.259. The van der Waals surface area contributed by atoms with Crippen LogP contribution in [0.1, 0.15) is 28.8 Å². The molecule has 6 heteroatoms. The molecule has 0 spiro atoms. The van der Waals surface area contributed by atoms with Crippen LogP contribution >= 0.6 is 11.3 Å². The molecule has 3 aromatic carbocycles. The Labute approximate surface area is 198 Å². The van der Waals surface area contributed by atoms with Crippen LogP contribution in [0.3, 0.4) is 0 Å². The molecule has 0 unspecified atom stereocenters. The topological polar surface area (TPSA) is 54.5 Å². The number of likely N-dealkylation sites (tertiary alicyclic amines) is 1. The van der Waals surface area contributed by atoms with Crippen LogP contribution in [0.5, 0.6) is 0 Å². The van der Waals surface area contributed by atoms with Crippen molar-refractivity contribution in [2.24, 2.45) is 0 Å². The Bertz CT molecular complexity index is 1250. The third-order valence-electron chi connectivity index (χ3n) is 6.30. The van der Waals surface area contributed by atoms with Gasteiger partial charge in [0.2, 0.25) is 0 Å². The zero-order valence-corrected chi connectivity index (χ0v) is 19.5. The van der Waals surface area contributed by atoms with Crippen molar-refractivity contribution >= 4 is 33.1 Å². The fourth-order valence-electron chi connectivity index (χ4n) is 4.45. The van der Waals surface area contributed by atoms with Gasteiger partial charge in [0.25, 0.3) is 5.91 Å². The van der Waals surface area contributed by atoms with E-state index in [0.717, 1.165) is 48.4 Å². The highest BCUT2D eigenvalue weighted by molar-refractivity contribution is 7.16. The molecule has 0 radical (unpaired) electrons. The van der Waals surface area contributed by atoms with Gasteiger partial charge in [0, 0.05) is 38.0 Å². The summed E-state index contributed by atoms with van der Waals surface area (Å²) in [6.07, 6.45) is 2.43. The maximum atomic E-state index is 13.1. The number of aromatic nitrogens is 1. The molecule has 168 valence electrons. The molecule has 2 heterocycles. The lowest BCUT2D eigenvalue weighted by Gasteiger charge is -2.31. The molecule has 1 N–H and O–H groups in total. The molecule has 1 aromatic heterocycles. The van der Waals surface area contributed by atoms with Crippen LogP contribution < -0.4 is 5.32 Å². The van der Waals surface area contributed by atoms with Gasteiger partial charge in [-0.15, -0.1) is 11.3 Å². The van der Waals surface area contributed by atoms with E-state index < -0.39 is 0 Å². The van der Waals surface area contributed by atoms with E-state index in [2.05, 4.69) is 45.5 Å². The molecule has 1 amide bonds. The zero-order chi connectivity index (χ0) is 22.6. The lowest BCUT2D eigenvalue weighted by molar-refractivity contribution is 0.0389. The first-order valence-electron chi connectivity index (χ1n) is 11.3. The predicted molar refractivity (Wildman–Crippen MR) is 135 cm³/mol. The molecule has 0 aliphatic carbocycles.